The molecule has 8 nitrogen and oxygen atoms in total. The van der Waals surface area contributed by atoms with Crippen LogP contribution in [-0.2, 0) is 24.1 Å². The number of hydrogen-bond donors (Lipinski definition) is 0. The molecule has 1 heterocycles. The predicted octanol–water partition coefficient (Wildman–Crippen LogP) is 9.81. The van der Waals surface area contributed by atoms with Gasteiger partial charge in [-0.1, -0.05) is 72.8 Å². The number of benzene rings is 4. The lowest BCUT2D eigenvalue weighted by Gasteiger charge is -2.39. The Morgan fingerprint density at radius 3 is 1.90 bits per heavy atom. The third-order valence-corrected chi connectivity index (χ3v) is 12.1. The number of nitriles is 1. The minimum atomic E-state index is -1.51. The van der Waals surface area contributed by atoms with Crippen molar-refractivity contribution >= 4 is 31.1 Å². The smallest absolute Gasteiger partial charge is 0.259 e. The summed E-state index contributed by atoms with van der Waals surface area (Å²) >= 11 is 2.38. The molecular formula is C41H48IN2O6P. The Kier molecular flexibility index (Phi) is 14.3. The van der Waals surface area contributed by atoms with Gasteiger partial charge in [0.15, 0.2) is 0 Å². The maximum Gasteiger partial charge on any atom is 0.259 e. The van der Waals surface area contributed by atoms with Gasteiger partial charge in [-0.15, -0.1) is 0 Å². The second-order valence-electron chi connectivity index (χ2n) is 12.9. The highest BCUT2D eigenvalue weighted by Crippen LogP contribution is 2.51. The number of ether oxygens (including phenoxy) is 4. The molecule has 10 heteroatoms. The van der Waals surface area contributed by atoms with E-state index in [0.29, 0.717) is 13.0 Å². The molecule has 51 heavy (non-hydrogen) atoms. The Labute approximate surface area is 318 Å². The highest BCUT2D eigenvalue weighted by Gasteiger charge is 2.45. The summed E-state index contributed by atoms with van der Waals surface area (Å²) in [5, 5.41) is 9.31. The molecule has 4 aromatic carbocycles. The minimum absolute atomic E-state index is 0.164. The molecule has 5 rings (SSSR count). The Hall–Kier alpha value is -3.07. The molecule has 0 aromatic heterocycles. The van der Waals surface area contributed by atoms with Gasteiger partial charge in [0.05, 0.1) is 52.1 Å². The Bertz CT molecular complexity index is 1640. The van der Waals surface area contributed by atoms with Gasteiger partial charge in [0.2, 0.25) is 0 Å². The summed E-state index contributed by atoms with van der Waals surface area (Å²) in [7, 11) is 1.82. The van der Waals surface area contributed by atoms with Crippen molar-refractivity contribution in [2.45, 2.75) is 76.5 Å². The van der Waals surface area contributed by atoms with Crippen LogP contribution in [0.1, 0.15) is 68.9 Å². The second kappa shape index (κ2) is 18.6. The molecule has 270 valence electrons. The van der Waals surface area contributed by atoms with Crippen molar-refractivity contribution in [3.63, 3.8) is 0 Å². The molecule has 1 aliphatic heterocycles. The fourth-order valence-corrected chi connectivity index (χ4v) is 9.10. The predicted molar refractivity (Wildman–Crippen MR) is 210 cm³/mol. The molecule has 1 saturated heterocycles. The summed E-state index contributed by atoms with van der Waals surface area (Å²) in [5.41, 5.74) is 2.96. The zero-order chi connectivity index (χ0) is 36.4. The van der Waals surface area contributed by atoms with Crippen LogP contribution in [0.3, 0.4) is 0 Å². The molecule has 1 aliphatic rings. The molecule has 0 spiro atoms. The third kappa shape index (κ3) is 9.30. The first-order valence-electron chi connectivity index (χ1n) is 17.3. The highest BCUT2D eigenvalue weighted by atomic mass is 127. The first kappa shape index (κ1) is 39.1. The van der Waals surface area contributed by atoms with E-state index in [2.05, 4.69) is 110 Å². The minimum Gasteiger partial charge on any atom is -0.497 e. The van der Waals surface area contributed by atoms with E-state index in [1.807, 2.05) is 54.6 Å². The first-order chi connectivity index (χ1) is 24.7. The van der Waals surface area contributed by atoms with Crippen LogP contribution in [0, 0.1) is 14.9 Å². The maximum atomic E-state index is 9.31. The van der Waals surface area contributed by atoms with Crippen molar-refractivity contribution < 1.29 is 28.0 Å². The first-order valence-corrected chi connectivity index (χ1v) is 19.6. The van der Waals surface area contributed by atoms with Gasteiger partial charge < -0.3 is 28.0 Å². The molecule has 0 amide bonds. The number of methoxy groups -OCH3 is 2. The van der Waals surface area contributed by atoms with Crippen LogP contribution >= 0.6 is 31.1 Å². The van der Waals surface area contributed by atoms with Crippen molar-refractivity contribution in [2.24, 2.45) is 0 Å². The largest absolute Gasteiger partial charge is 0.497 e. The van der Waals surface area contributed by atoms with Crippen LogP contribution in [0.4, 0.5) is 0 Å². The lowest BCUT2D eigenvalue weighted by molar-refractivity contribution is -0.0807. The zero-order valence-corrected chi connectivity index (χ0v) is 33.3. The summed E-state index contributed by atoms with van der Waals surface area (Å²) < 4.78 is 42.1. The number of nitrogens with zero attached hydrogens (tertiary/aromatic N) is 2. The van der Waals surface area contributed by atoms with Crippen molar-refractivity contribution in [3.05, 3.63) is 129 Å². The quantitative estimate of drug-likeness (QED) is 0.0451. The van der Waals surface area contributed by atoms with Crippen molar-refractivity contribution in [2.75, 3.05) is 27.4 Å². The second-order valence-corrected chi connectivity index (χ2v) is 15.5. The molecule has 0 radical (unpaired) electrons. The van der Waals surface area contributed by atoms with E-state index in [0.717, 1.165) is 37.3 Å². The van der Waals surface area contributed by atoms with Gasteiger partial charge >= 0.3 is 0 Å². The standard InChI is InChI=1S/C41H48IN2O6P/c1-29(2)44(30(3)4)51(48-26-12-25-43)50-39-27-38(36-15-10-11-16-37(36)42)49-40(39)28-47-41(31-13-8-7-9-14-31,32-17-21-34(45-5)22-18-32)33-19-23-35(46-6)24-20-33/h7-11,13-24,29-30,38-40H,12,26-28H2,1-6H3/t38-,39+,40-,51?/m1/s1. The lowest BCUT2D eigenvalue weighted by Crippen LogP contribution is -2.39. The summed E-state index contributed by atoms with van der Waals surface area (Å²) in [6, 6.07) is 37.2. The summed E-state index contributed by atoms with van der Waals surface area (Å²) in [5.74, 6) is 1.51. The van der Waals surface area contributed by atoms with Crippen molar-refractivity contribution in [1.82, 2.24) is 4.67 Å². The molecule has 4 aromatic rings. The van der Waals surface area contributed by atoms with Crippen molar-refractivity contribution in [3.8, 4) is 17.6 Å². The number of hydrogen-bond acceptors (Lipinski definition) is 8. The molecule has 1 fully saturated rings. The monoisotopic (exact) mass is 822 g/mol. The molecule has 4 atom stereocenters. The van der Waals surface area contributed by atoms with Gasteiger partial charge in [-0.05, 0) is 103 Å². The average Bonchev–Trinajstić information content (AvgIpc) is 3.54. The molecule has 0 N–H and O–H groups in total. The van der Waals surface area contributed by atoms with Crippen LogP contribution < -0.4 is 9.47 Å². The van der Waals surface area contributed by atoms with E-state index in [4.69, 9.17) is 28.0 Å². The van der Waals surface area contributed by atoms with Gasteiger partial charge in [0.1, 0.15) is 23.2 Å². The Morgan fingerprint density at radius 2 is 1.37 bits per heavy atom. The van der Waals surface area contributed by atoms with E-state index in [1.54, 1.807) is 14.2 Å². The summed E-state index contributed by atoms with van der Waals surface area (Å²) in [4.78, 5) is 0. The van der Waals surface area contributed by atoms with Crippen molar-refractivity contribution in [1.29, 1.82) is 5.26 Å². The van der Waals surface area contributed by atoms with E-state index in [9.17, 15) is 5.26 Å². The Balaban J connectivity index is 1.58. The Morgan fingerprint density at radius 1 is 0.824 bits per heavy atom. The third-order valence-electron chi connectivity index (χ3n) is 8.98. The van der Waals surface area contributed by atoms with Gasteiger partial charge in [0, 0.05) is 22.1 Å². The molecule has 0 aliphatic carbocycles. The topological polar surface area (TPSA) is 82.4 Å². The van der Waals surface area contributed by atoms with Crippen LogP contribution in [0.15, 0.2) is 103 Å². The van der Waals surface area contributed by atoms with E-state index in [-0.39, 0.29) is 37.3 Å². The number of halogens is 1. The van der Waals surface area contributed by atoms with Crippen LogP contribution in [-0.4, -0.2) is 56.4 Å². The highest BCUT2D eigenvalue weighted by molar-refractivity contribution is 14.1. The molecule has 1 unspecified atom stereocenters. The maximum absolute atomic E-state index is 9.31. The van der Waals surface area contributed by atoms with Crippen LogP contribution in [0.2, 0.25) is 0 Å². The van der Waals surface area contributed by atoms with Crippen LogP contribution in [0.25, 0.3) is 0 Å². The zero-order valence-electron chi connectivity index (χ0n) is 30.2. The summed E-state index contributed by atoms with van der Waals surface area (Å²) in [6.45, 7) is 9.09. The van der Waals surface area contributed by atoms with E-state index in [1.165, 1.54) is 0 Å². The van der Waals surface area contributed by atoms with Gasteiger partial charge in [-0.2, -0.15) is 5.26 Å². The summed E-state index contributed by atoms with van der Waals surface area (Å²) in [6.07, 6.45) is -0.0706. The van der Waals surface area contributed by atoms with Crippen LogP contribution in [0.5, 0.6) is 11.5 Å². The fraction of sp³-hybridized carbons (Fsp3) is 0.390. The SMILES string of the molecule is COc1ccc(C(OC[C@H]2O[C@@H](c3ccccc3I)C[C@@H]2OP(OCCC#N)N(C(C)C)C(C)C)(c2ccccc2)c2ccc(OC)cc2)cc1. The van der Waals surface area contributed by atoms with Gasteiger partial charge in [-0.25, -0.2) is 4.67 Å². The lowest BCUT2D eigenvalue weighted by atomic mass is 9.80. The fourth-order valence-electron chi connectivity index (χ4n) is 6.60. The molecule has 0 saturated carbocycles. The molecular weight excluding hydrogens is 774 g/mol. The molecule has 0 bridgehead atoms. The average molecular weight is 823 g/mol. The normalized spacial score (nSPS) is 18.3. The van der Waals surface area contributed by atoms with Gasteiger partial charge in [-0.3, -0.25) is 0 Å². The van der Waals surface area contributed by atoms with E-state index < -0.39 is 20.2 Å². The number of rotatable bonds is 17. The van der Waals surface area contributed by atoms with E-state index >= 15 is 0 Å². The van der Waals surface area contributed by atoms with Gasteiger partial charge in [0.25, 0.3) is 8.53 Å².